The fourth-order valence-electron chi connectivity index (χ4n) is 2.09. The van der Waals surface area contributed by atoms with Crippen molar-refractivity contribution in [3.63, 3.8) is 0 Å². The summed E-state index contributed by atoms with van der Waals surface area (Å²) in [6.07, 6.45) is 3.11. The highest BCUT2D eigenvalue weighted by Gasteiger charge is 2.18. The molecule has 0 saturated heterocycles. The third-order valence-electron chi connectivity index (χ3n) is 3.40. The maximum absolute atomic E-state index is 4.41. The molecule has 1 aromatic heterocycles. The molecule has 0 fully saturated rings. The minimum Gasteiger partial charge on any atom is -0.316 e. The summed E-state index contributed by atoms with van der Waals surface area (Å²) < 4.78 is 2.14. The highest BCUT2D eigenvalue weighted by Crippen LogP contribution is 2.25. The Kier molecular flexibility index (Phi) is 5.69. The zero-order chi connectivity index (χ0) is 12.8. The second kappa shape index (κ2) is 6.80. The topological polar surface area (TPSA) is 29.9 Å². The van der Waals surface area contributed by atoms with Crippen molar-refractivity contribution in [1.82, 2.24) is 15.1 Å². The Labute approximate surface area is 106 Å². The lowest BCUT2D eigenvalue weighted by Crippen LogP contribution is -2.26. The van der Waals surface area contributed by atoms with Crippen molar-refractivity contribution >= 4 is 0 Å². The molecule has 0 spiro atoms. The fourth-order valence-corrected chi connectivity index (χ4v) is 2.09. The van der Waals surface area contributed by atoms with Gasteiger partial charge in [0.25, 0.3) is 0 Å². The number of rotatable bonds is 7. The molecule has 1 heterocycles. The molecule has 0 aliphatic rings. The zero-order valence-corrected chi connectivity index (χ0v) is 11.9. The molecule has 0 radical (unpaired) electrons. The van der Waals surface area contributed by atoms with Gasteiger partial charge in [0.2, 0.25) is 0 Å². The molecule has 98 valence electrons. The van der Waals surface area contributed by atoms with Gasteiger partial charge >= 0.3 is 0 Å². The molecular formula is C14H27N3. The van der Waals surface area contributed by atoms with Crippen LogP contribution in [0.2, 0.25) is 0 Å². The molecular weight excluding hydrogens is 210 g/mol. The number of hydrogen-bond donors (Lipinski definition) is 1. The van der Waals surface area contributed by atoms with Crippen molar-refractivity contribution < 1.29 is 0 Å². The summed E-state index contributed by atoms with van der Waals surface area (Å²) in [4.78, 5) is 0. The van der Waals surface area contributed by atoms with E-state index in [2.05, 4.69) is 55.8 Å². The van der Waals surface area contributed by atoms with E-state index in [1.165, 1.54) is 12.1 Å². The Morgan fingerprint density at radius 2 is 2.00 bits per heavy atom. The SMILES string of the molecule is CCCNCC(C)C(C)c1ccnn1C(C)C. The molecule has 0 amide bonds. The van der Waals surface area contributed by atoms with Gasteiger partial charge < -0.3 is 5.32 Å². The van der Waals surface area contributed by atoms with Crippen molar-refractivity contribution in [3.8, 4) is 0 Å². The molecule has 3 nitrogen and oxygen atoms in total. The van der Waals surface area contributed by atoms with Gasteiger partial charge in [0.1, 0.15) is 0 Å². The summed E-state index contributed by atoms with van der Waals surface area (Å²) >= 11 is 0. The summed E-state index contributed by atoms with van der Waals surface area (Å²) in [5, 5.41) is 7.91. The van der Waals surface area contributed by atoms with Crippen LogP contribution in [0.25, 0.3) is 0 Å². The van der Waals surface area contributed by atoms with Crippen molar-refractivity contribution in [2.75, 3.05) is 13.1 Å². The second-order valence-corrected chi connectivity index (χ2v) is 5.26. The summed E-state index contributed by atoms with van der Waals surface area (Å²) in [5.74, 6) is 1.18. The van der Waals surface area contributed by atoms with Gasteiger partial charge in [0, 0.05) is 23.9 Å². The van der Waals surface area contributed by atoms with E-state index in [9.17, 15) is 0 Å². The third kappa shape index (κ3) is 3.84. The lowest BCUT2D eigenvalue weighted by atomic mass is 9.92. The van der Waals surface area contributed by atoms with Crippen LogP contribution in [0, 0.1) is 5.92 Å². The Balaban J connectivity index is 2.61. The zero-order valence-electron chi connectivity index (χ0n) is 11.9. The summed E-state index contributed by atoms with van der Waals surface area (Å²) in [6.45, 7) is 13.4. The molecule has 2 unspecified atom stereocenters. The molecule has 17 heavy (non-hydrogen) atoms. The van der Waals surface area contributed by atoms with E-state index in [1.54, 1.807) is 0 Å². The average Bonchev–Trinajstić information content (AvgIpc) is 2.77. The molecule has 0 saturated carbocycles. The van der Waals surface area contributed by atoms with E-state index in [0.29, 0.717) is 17.9 Å². The predicted molar refractivity (Wildman–Crippen MR) is 73.4 cm³/mol. The molecule has 1 rings (SSSR count). The first-order valence-corrected chi connectivity index (χ1v) is 6.82. The van der Waals surface area contributed by atoms with Crippen LogP contribution in [0.15, 0.2) is 12.3 Å². The maximum Gasteiger partial charge on any atom is 0.0492 e. The van der Waals surface area contributed by atoms with E-state index in [-0.39, 0.29) is 0 Å². The van der Waals surface area contributed by atoms with E-state index < -0.39 is 0 Å². The summed E-state index contributed by atoms with van der Waals surface area (Å²) in [5.41, 5.74) is 1.35. The Morgan fingerprint density at radius 1 is 1.29 bits per heavy atom. The van der Waals surface area contributed by atoms with Gasteiger partial charge in [-0.15, -0.1) is 0 Å². The Morgan fingerprint density at radius 3 is 2.59 bits per heavy atom. The minimum absolute atomic E-state index is 0.443. The van der Waals surface area contributed by atoms with E-state index in [4.69, 9.17) is 0 Å². The minimum atomic E-state index is 0.443. The smallest absolute Gasteiger partial charge is 0.0492 e. The third-order valence-corrected chi connectivity index (χ3v) is 3.40. The van der Waals surface area contributed by atoms with Crippen molar-refractivity contribution in [2.45, 2.75) is 53.0 Å². The van der Waals surface area contributed by atoms with Gasteiger partial charge in [-0.25, -0.2) is 0 Å². The first kappa shape index (κ1) is 14.2. The number of nitrogens with one attached hydrogen (secondary N) is 1. The van der Waals surface area contributed by atoms with Gasteiger partial charge in [0.15, 0.2) is 0 Å². The Bertz CT molecular complexity index is 317. The quantitative estimate of drug-likeness (QED) is 0.738. The molecule has 0 aromatic carbocycles. The van der Waals surface area contributed by atoms with Gasteiger partial charge in [-0.3, -0.25) is 4.68 Å². The van der Waals surface area contributed by atoms with E-state index >= 15 is 0 Å². The fraction of sp³-hybridized carbons (Fsp3) is 0.786. The average molecular weight is 237 g/mol. The summed E-state index contributed by atoms with van der Waals surface area (Å²) in [7, 11) is 0. The molecule has 1 aromatic rings. The Hall–Kier alpha value is -0.830. The molecule has 2 atom stereocenters. The van der Waals surface area contributed by atoms with Crippen LogP contribution >= 0.6 is 0 Å². The van der Waals surface area contributed by atoms with Gasteiger partial charge in [-0.2, -0.15) is 5.10 Å². The molecule has 0 aliphatic heterocycles. The van der Waals surface area contributed by atoms with Gasteiger partial charge in [-0.05, 0) is 45.3 Å². The van der Waals surface area contributed by atoms with Crippen molar-refractivity contribution in [1.29, 1.82) is 0 Å². The largest absolute Gasteiger partial charge is 0.316 e. The van der Waals surface area contributed by atoms with E-state index in [0.717, 1.165) is 13.1 Å². The molecule has 3 heteroatoms. The standard InChI is InChI=1S/C14H27N3/c1-6-8-15-10-12(4)13(5)14-7-9-16-17(14)11(2)3/h7,9,11-13,15H,6,8,10H2,1-5H3. The van der Waals surface area contributed by atoms with Crippen LogP contribution in [-0.2, 0) is 0 Å². The van der Waals surface area contributed by atoms with Crippen LogP contribution in [0.5, 0.6) is 0 Å². The number of hydrogen-bond acceptors (Lipinski definition) is 2. The predicted octanol–water partition coefficient (Wildman–Crippen LogP) is 3.20. The maximum atomic E-state index is 4.41. The van der Waals surface area contributed by atoms with Gasteiger partial charge in [0.05, 0.1) is 0 Å². The van der Waals surface area contributed by atoms with Gasteiger partial charge in [-0.1, -0.05) is 20.8 Å². The van der Waals surface area contributed by atoms with Crippen LogP contribution in [0.1, 0.15) is 58.7 Å². The van der Waals surface area contributed by atoms with Crippen molar-refractivity contribution in [3.05, 3.63) is 18.0 Å². The van der Waals surface area contributed by atoms with Crippen molar-refractivity contribution in [2.24, 2.45) is 5.92 Å². The van der Waals surface area contributed by atoms with Crippen LogP contribution in [-0.4, -0.2) is 22.9 Å². The first-order valence-electron chi connectivity index (χ1n) is 6.82. The summed E-state index contributed by atoms with van der Waals surface area (Å²) in [6, 6.07) is 2.60. The van der Waals surface area contributed by atoms with Crippen LogP contribution in [0.3, 0.4) is 0 Å². The van der Waals surface area contributed by atoms with Crippen LogP contribution < -0.4 is 5.32 Å². The monoisotopic (exact) mass is 237 g/mol. The number of nitrogens with zero attached hydrogens (tertiary/aromatic N) is 2. The molecule has 0 aliphatic carbocycles. The van der Waals surface area contributed by atoms with E-state index in [1.807, 2.05) is 6.20 Å². The number of aromatic nitrogens is 2. The highest BCUT2D eigenvalue weighted by molar-refractivity contribution is 5.09. The lowest BCUT2D eigenvalue weighted by Gasteiger charge is -2.22. The molecule has 0 bridgehead atoms. The normalized spacial score (nSPS) is 15.2. The first-order chi connectivity index (χ1) is 8.07. The van der Waals surface area contributed by atoms with Crippen LogP contribution in [0.4, 0.5) is 0 Å². The second-order valence-electron chi connectivity index (χ2n) is 5.26. The highest BCUT2D eigenvalue weighted by atomic mass is 15.3. The lowest BCUT2D eigenvalue weighted by molar-refractivity contribution is 0.407. The molecule has 1 N–H and O–H groups in total.